The Hall–Kier alpha value is -1.72. The van der Waals surface area contributed by atoms with Gasteiger partial charge in [-0.3, -0.25) is 9.48 Å². The van der Waals surface area contributed by atoms with Crippen molar-refractivity contribution in [2.75, 3.05) is 0 Å². The molecule has 1 unspecified atom stereocenters. The van der Waals surface area contributed by atoms with E-state index >= 15 is 0 Å². The standard InChI is InChI=1S/C15H17Cl2N3O2/c1-3-20-12(6-7-19-20)9-18-15(21)10(2)22-14-5-4-11(16)8-13(14)17/h4-8,10H,3,9H2,1-2H3,(H,18,21). The van der Waals surface area contributed by atoms with E-state index in [0.29, 0.717) is 22.3 Å². The van der Waals surface area contributed by atoms with Gasteiger partial charge in [-0.05, 0) is 38.1 Å². The molecule has 0 bridgehead atoms. The van der Waals surface area contributed by atoms with Crippen LogP contribution in [0.2, 0.25) is 10.0 Å². The van der Waals surface area contributed by atoms with Gasteiger partial charge in [0.15, 0.2) is 6.10 Å². The Morgan fingerprint density at radius 3 is 2.86 bits per heavy atom. The number of amides is 1. The predicted molar refractivity (Wildman–Crippen MR) is 86.3 cm³/mol. The van der Waals surface area contributed by atoms with Gasteiger partial charge in [-0.25, -0.2) is 0 Å². The molecule has 7 heteroatoms. The molecule has 0 saturated carbocycles. The minimum atomic E-state index is -0.670. The summed E-state index contributed by atoms with van der Waals surface area (Å²) in [4.78, 5) is 12.1. The Labute approximate surface area is 139 Å². The van der Waals surface area contributed by atoms with Crippen LogP contribution in [-0.2, 0) is 17.9 Å². The summed E-state index contributed by atoms with van der Waals surface area (Å²) in [7, 11) is 0. The summed E-state index contributed by atoms with van der Waals surface area (Å²) >= 11 is 11.8. The highest BCUT2D eigenvalue weighted by Crippen LogP contribution is 2.28. The van der Waals surface area contributed by atoms with Crippen LogP contribution in [-0.4, -0.2) is 21.8 Å². The highest BCUT2D eigenvalue weighted by molar-refractivity contribution is 6.35. The lowest BCUT2D eigenvalue weighted by atomic mass is 10.3. The van der Waals surface area contributed by atoms with Crippen LogP contribution in [0.3, 0.4) is 0 Å². The van der Waals surface area contributed by atoms with Gasteiger partial charge in [0.05, 0.1) is 17.3 Å². The van der Waals surface area contributed by atoms with Crippen LogP contribution in [0.1, 0.15) is 19.5 Å². The number of hydrogen-bond donors (Lipinski definition) is 1. The molecule has 1 atom stereocenters. The molecule has 22 heavy (non-hydrogen) atoms. The number of hydrogen-bond acceptors (Lipinski definition) is 3. The van der Waals surface area contributed by atoms with E-state index in [1.807, 2.05) is 17.7 Å². The summed E-state index contributed by atoms with van der Waals surface area (Å²) in [5.41, 5.74) is 0.938. The van der Waals surface area contributed by atoms with Crippen molar-refractivity contribution >= 4 is 29.1 Å². The molecule has 1 amide bonds. The maximum atomic E-state index is 12.1. The summed E-state index contributed by atoms with van der Waals surface area (Å²) in [5, 5.41) is 7.85. The van der Waals surface area contributed by atoms with E-state index in [-0.39, 0.29) is 5.91 Å². The van der Waals surface area contributed by atoms with Crippen LogP contribution in [0, 0.1) is 0 Å². The number of rotatable bonds is 6. The first-order valence-electron chi connectivity index (χ1n) is 6.91. The molecule has 1 aromatic carbocycles. The van der Waals surface area contributed by atoms with Crippen LogP contribution >= 0.6 is 23.2 Å². The third-order valence-electron chi connectivity index (χ3n) is 3.11. The number of nitrogens with one attached hydrogen (secondary N) is 1. The number of benzene rings is 1. The summed E-state index contributed by atoms with van der Waals surface area (Å²) in [6.07, 6.45) is 1.04. The van der Waals surface area contributed by atoms with Crippen molar-refractivity contribution in [1.82, 2.24) is 15.1 Å². The highest BCUT2D eigenvalue weighted by atomic mass is 35.5. The summed E-state index contributed by atoms with van der Waals surface area (Å²) < 4.78 is 7.38. The first-order chi connectivity index (χ1) is 10.5. The Kier molecular flexibility index (Phi) is 5.69. The maximum Gasteiger partial charge on any atom is 0.261 e. The maximum absolute atomic E-state index is 12.1. The topological polar surface area (TPSA) is 56.2 Å². The van der Waals surface area contributed by atoms with E-state index in [1.54, 1.807) is 31.3 Å². The average molecular weight is 342 g/mol. The lowest BCUT2D eigenvalue weighted by Gasteiger charge is -2.16. The molecule has 0 spiro atoms. The zero-order valence-corrected chi connectivity index (χ0v) is 13.9. The molecular weight excluding hydrogens is 325 g/mol. The molecule has 2 rings (SSSR count). The Balaban J connectivity index is 1.92. The second-order valence-electron chi connectivity index (χ2n) is 4.69. The number of carbonyl (C=O) groups is 1. The van der Waals surface area contributed by atoms with Crippen molar-refractivity contribution in [3.8, 4) is 5.75 Å². The average Bonchev–Trinajstić information content (AvgIpc) is 2.95. The first-order valence-corrected chi connectivity index (χ1v) is 7.67. The predicted octanol–water partition coefficient (Wildman–Crippen LogP) is 3.29. The zero-order chi connectivity index (χ0) is 16.1. The zero-order valence-electron chi connectivity index (χ0n) is 12.3. The van der Waals surface area contributed by atoms with Gasteiger partial charge >= 0.3 is 0 Å². The van der Waals surface area contributed by atoms with Crippen LogP contribution < -0.4 is 10.1 Å². The van der Waals surface area contributed by atoms with Crippen LogP contribution in [0.5, 0.6) is 5.75 Å². The molecule has 1 aromatic heterocycles. The second-order valence-corrected chi connectivity index (χ2v) is 5.53. The molecule has 0 aliphatic rings. The van der Waals surface area contributed by atoms with Crippen molar-refractivity contribution in [2.24, 2.45) is 0 Å². The summed E-state index contributed by atoms with van der Waals surface area (Å²) in [5.74, 6) is 0.196. The third-order valence-corrected chi connectivity index (χ3v) is 3.65. The minimum absolute atomic E-state index is 0.227. The smallest absolute Gasteiger partial charge is 0.261 e. The van der Waals surface area contributed by atoms with Crippen molar-refractivity contribution in [2.45, 2.75) is 33.0 Å². The molecule has 0 aliphatic carbocycles. The number of aromatic nitrogens is 2. The fourth-order valence-electron chi connectivity index (χ4n) is 1.93. The van der Waals surface area contributed by atoms with Crippen LogP contribution in [0.4, 0.5) is 0 Å². The van der Waals surface area contributed by atoms with Gasteiger partial charge in [-0.2, -0.15) is 5.10 Å². The van der Waals surface area contributed by atoms with Gasteiger partial charge in [0.2, 0.25) is 0 Å². The number of carbonyl (C=O) groups excluding carboxylic acids is 1. The van der Waals surface area contributed by atoms with Crippen molar-refractivity contribution in [1.29, 1.82) is 0 Å². The van der Waals surface area contributed by atoms with Crippen molar-refractivity contribution in [3.63, 3.8) is 0 Å². The first kappa shape index (κ1) is 16.6. The van der Waals surface area contributed by atoms with Crippen LogP contribution in [0.15, 0.2) is 30.5 Å². The minimum Gasteiger partial charge on any atom is -0.479 e. The van der Waals surface area contributed by atoms with Gasteiger partial charge in [-0.1, -0.05) is 23.2 Å². The lowest BCUT2D eigenvalue weighted by molar-refractivity contribution is -0.127. The molecule has 118 valence electrons. The highest BCUT2D eigenvalue weighted by Gasteiger charge is 2.16. The number of halogens is 2. The number of aryl methyl sites for hydroxylation is 1. The molecule has 0 radical (unpaired) electrons. The van der Waals surface area contributed by atoms with E-state index in [2.05, 4.69) is 10.4 Å². The van der Waals surface area contributed by atoms with Gasteiger partial charge in [0.1, 0.15) is 5.75 Å². The van der Waals surface area contributed by atoms with E-state index < -0.39 is 6.10 Å². The molecule has 0 saturated heterocycles. The van der Waals surface area contributed by atoms with Crippen molar-refractivity contribution < 1.29 is 9.53 Å². The van der Waals surface area contributed by atoms with Crippen LogP contribution in [0.25, 0.3) is 0 Å². The molecule has 2 aromatic rings. The largest absolute Gasteiger partial charge is 0.479 e. The Bertz CT molecular complexity index is 658. The van der Waals surface area contributed by atoms with Gasteiger partial charge in [0.25, 0.3) is 5.91 Å². The number of ether oxygens (including phenoxy) is 1. The Morgan fingerprint density at radius 2 is 2.18 bits per heavy atom. The van der Waals surface area contributed by atoms with Crippen molar-refractivity contribution in [3.05, 3.63) is 46.2 Å². The van der Waals surface area contributed by atoms with E-state index in [9.17, 15) is 4.79 Å². The Morgan fingerprint density at radius 1 is 1.41 bits per heavy atom. The fourth-order valence-corrected chi connectivity index (χ4v) is 2.38. The van der Waals surface area contributed by atoms with E-state index in [0.717, 1.165) is 12.2 Å². The fraction of sp³-hybridized carbons (Fsp3) is 0.333. The monoisotopic (exact) mass is 341 g/mol. The molecule has 1 heterocycles. The molecule has 1 N–H and O–H groups in total. The quantitative estimate of drug-likeness (QED) is 0.876. The molecular formula is C15H17Cl2N3O2. The van der Waals surface area contributed by atoms with Gasteiger partial charge in [0, 0.05) is 17.8 Å². The normalized spacial score (nSPS) is 12.0. The van der Waals surface area contributed by atoms with E-state index in [1.165, 1.54) is 0 Å². The molecule has 0 aliphatic heterocycles. The lowest BCUT2D eigenvalue weighted by Crippen LogP contribution is -2.36. The van der Waals surface area contributed by atoms with Gasteiger partial charge < -0.3 is 10.1 Å². The summed E-state index contributed by atoms with van der Waals surface area (Å²) in [6, 6.07) is 6.74. The second kappa shape index (κ2) is 7.51. The molecule has 5 nitrogen and oxygen atoms in total. The number of nitrogens with zero attached hydrogens (tertiary/aromatic N) is 2. The SMILES string of the molecule is CCn1nccc1CNC(=O)C(C)Oc1ccc(Cl)cc1Cl. The van der Waals surface area contributed by atoms with E-state index in [4.69, 9.17) is 27.9 Å². The van der Waals surface area contributed by atoms with Gasteiger partial charge in [-0.15, -0.1) is 0 Å². The third kappa shape index (κ3) is 4.15. The summed E-state index contributed by atoms with van der Waals surface area (Å²) in [6.45, 7) is 4.81. The molecule has 0 fully saturated rings.